The van der Waals surface area contributed by atoms with Crippen LogP contribution in [0.2, 0.25) is 0 Å². The Morgan fingerprint density at radius 3 is 1.55 bits per heavy atom. The molecule has 0 aliphatic carbocycles. The minimum absolute atomic E-state index is 0.0118. The van der Waals surface area contributed by atoms with Gasteiger partial charge in [0.1, 0.15) is 0 Å². The largest absolute Gasteiger partial charge is 0.416 e. The summed E-state index contributed by atoms with van der Waals surface area (Å²) in [7, 11) is 0. The lowest BCUT2D eigenvalue weighted by molar-refractivity contribution is -0.143. The van der Waals surface area contributed by atoms with E-state index in [2.05, 4.69) is 0 Å². The molecule has 0 amide bonds. The van der Waals surface area contributed by atoms with E-state index in [1.165, 1.54) is 47.5 Å². The molecule has 6 aromatic carbocycles. The van der Waals surface area contributed by atoms with Gasteiger partial charge < -0.3 is 0 Å². The summed E-state index contributed by atoms with van der Waals surface area (Å²) in [4.78, 5) is 11.1. The molecule has 0 atom stereocenters. The molecule has 0 spiro atoms. The lowest BCUT2D eigenvalue weighted by Crippen LogP contribution is -2.13. The highest BCUT2D eigenvalue weighted by Crippen LogP contribution is 2.42. The third kappa shape index (κ3) is 7.43. The number of halogens is 9. The highest BCUT2D eigenvalue weighted by atomic mass is 19.4. The molecule has 0 saturated heterocycles. The van der Waals surface area contributed by atoms with Crippen molar-refractivity contribution in [3.8, 4) is 33.4 Å². The topological polar surface area (TPSA) is 29.0 Å². The van der Waals surface area contributed by atoms with Gasteiger partial charge in [-0.05, 0) is 94.5 Å². The van der Waals surface area contributed by atoms with Crippen molar-refractivity contribution in [3.05, 3.63) is 162 Å². The van der Waals surface area contributed by atoms with E-state index >= 15 is 0 Å². The van der Waals surface area contributed by atoms with Gasteiger partial charge in [0.15, 0.2) is 5.82 Å². The first-order valence-corrected chi connectivity index (χ1v) is 15.9. The molecule has 266 valence electrons. The predicted octanol–water partition coefficient (Wildman–Crippen LogP) is 13.2. The van der Waals surface area contributed by atoms with Crippen LogP contribution in [0.15, 0.2) is 146 Å². The Morgan fingerprint density at radius 2 is 0.962 bits per heavy atom. The minimum Gasteiger partial charge on any atom is -0.294 e. The standard InChI is InChI=1S/C41H24F9N3/c42-39(43,44)30-14-16-33(17-15-30)53(34-13-7-12-27(20-34)28-18-31(40(45,46)47)23-32(19-28)41(48,49)50)37-24-51-36-22-29(25-8-3-1-4-9-25)21-35(38(36)52-37)26-10-5-2-6-11-26/h1-24H. The molecule has 0 aliphatic heterocycles. The zero-order chi connectivity index (χ0) is 37.5. The Bertz CT molecular complexity index is 2370. The Labute approximate surface area is 296 Å². The molecule has 0 bridgehead atoms. The fraction of sp³-hybridized carbons (Fsp3) is 0.0732. The average Bonchev–Trinajstić information content (AvgIpc) is 3.14. The van der Waals surface area contributed by atoms with Crippen LogP contribution in [-0.4, -0.2) is 9.97 Å². The summed E-state index contributed by atoms with van der Waals surface area (Å²) in [6.07, 6.45) is -13.4. The smallest absolute Gasteiger partial charge is 0.294 e. The molecule has 1 aromatic heterocycles. The molecular formula is C41H24F9N3. The van der Waals surface area contributed by atoms with E-state index in [1.807, 2.05) is 72.8 Å². The molecule has 0 radical (unpaired) electrons. The van der Waals surface area contributed by atoms with Gasteiger partial charge in [0, 0.05) is 16.9 Å². The van der Waals surface area contributed by atoms with Crippen LogP contribution >= 0.6 is 0 Å². The summed E-state index contributed by atoms with van der Waals surface area (Å²) < 4.78 is 123. The SMILES string of the molecule is FC(F)(F)c1ccc(N(c2cccc(-c3cc(C(F)(F)F)cc(C(F)(F)F)c3)c2)c2cnc3cc(-c4ccccc4)cc(-c4ccccc4)c3n2)cc1. The summed E-state index contributed by atoms with van der Waals surface area (Å²) in [5.74, 6) is 0.124. The van der Waals surface area contributed by atoms with Crippen LogP contribution in [0.5, 0.6) is 0 Å². The predicted molar refractivity (Wildman–Crippen MR) is 186 cm³/mol. The van der Waals surface area contributed by atoms with Crippen LogP contribution in [-0.2, 0) is 18.5 Å². The van der Waals surface area contributed by atoms with Crippen LogP contribution in [0.25, 0.3) is 44.4 Å². The molecular weight excluding hydrogens is 705 g/mol. The van der Waals surface area contributed by atoms with Crippen molar-refractivity contribution in [1.82, 2.24) is 9.97 Å². The lowest BCUT2D eigenvalue weighted by Gasteiger charge is -2.25. The molecule has 1 heterocycles. The van der Waals surface area contributed by atoms with Crippen LogP contribution in [0.1, 0.15) is 16.7 Å². The van der Waals surface area contributed by atoms with Crippen molar-refractivity contribution >= 4 is 28.2 Å². The maximum atomic E-state index is 13.8. The fourth-order valence-corrected chi connectivity index (χ4v) is 6.01. The number of anilines is 3. The Morgan fingerprint density at radius 1 is 0.415 bits per heavy atom. The Hall–Kier alpha value is -6.17. The van der Waals surface area contributed by atoms with Crippen molar-refractivity contribution in [1.29, 1.82) is 0 Å². The number of fused-ring (bicyclic) bond motifs is 1. The quantitative estimate of drug-likeness (QED) is 0.160. The number of aromatic nitrogens is 2. The summed E-state index contributed by atoms with van der Waals surface area (Å²) in [5.41, 5.74) is 0.274. The van der Waals surface area contributed by atoms with Crippen molar-refractivity contribution in [2.45, 2.75) is 18.5 Å². The zero-order valence-corrected chi connectivity index (χ0v) is 27.1. The summed E-state index contributed by atoms with van der Waals surface area (Å²) in [6, 6.07) is 33.7. The molecule has 0 N–H and O–H groups in total. The van der Waals surface area contributed by atoms with Crippen LogP contribution in [0.3, 0.4) is 0 Å². The van der Waals surface area contributed by atoms with Gasteiger partial charge in [-0.15, -0.1) is 0 Å². The van der Waals surface area contributed by atoms with E-state index in [1.54, 1.807) is 0 Å². The Kier molecular flexibility index (Phi) is 8.93. The third-order valence-corrected chi connectivity index (χ3v) is 8.53. The highest BCUT2D eigenvalue weighted by molar-refractivity contribution is 5.97. The summed E-state index contributed by atoms with van der Waals surface area (Å²) >= 11 is 0. The van der Waals surface area contributed by atoms with E-state index in [0.29, 0.717) is 28.7 Å². The second-order valence-electron chi connectivity index (χ2n) is 12.1. The van der Waals surface area contributed by atoms with E-state index < -0.39 is 35.2 Å². The van der Waals surface area contributed by atoms with Crippen molar-refractivity contribution < 1.29 is 39.5 Å². The number of hydrogen-bond acceptors (Lipinski definition) is 3. The fourth-order valence-electron chi connectivity index (χ4n) is 6.01. The maximum absolute atomic E-state index is 13.8. The first-order valence-electron chi connectivity index (χ1n) is 15.9. The summed E-state index contributed by atoms with van der Waals surface area (Å²) in [5, 5.41) is 0. The monoisotopic (exact) mass is 729 g/mol. The van der Waals surface area contributed by atoms with Crippen LogP contribution in [0, 0.1) is 0 Å². The molecule has 0 fully saturated rings. The first-order chi connectivity index (χ1) is 25.1. The third-order valence-electron chi connectivity index (χ3n) is 8.53. The zero-order valence-electron chi connectivity index (χ0n) is 27.1. The summed E-state index contributed by atoms with van der Waals surface area (Å²) in [6.45, 7) is 0. The van der Waals surface area contributed by atoms with Crippen LogP contribution in [0.4, 0.5) is 56.7 Å². The van der Waals surface area contributed by atoms with E-state index in [-0.39, 0.29) is 34.4 Å². The molecule has 12 heteroatoms. The van der Waals surface area contributed by atoms with Gasteiger partial charge in [-0.2, -0.15) is 39.5 Å². The molecule has 7 aromatic rings. The number of benzene rings is 6. The van der Waals surface area contributed by atoms with Gasteiger partial charge in [-0.25, -0.2) is 4.98 Å². The highest BCUT2D eigenvalue weighted by Gasteiger charge is 2.37. The van der Waals surface area contributed by atoms with E-state index in [0.717, 1.165) is 28.8 Å². The average molecular weight is 730 g/mol. The van der Waals surface area contributed by atoms with Gasteiger partial charge in [0.05, 0.1) is 33.9 Å². The second-order valence-corrected chi connectivity index (χ2v) is 12.1. The molecule has 7 rings (SSSR count). The number of hydrogen-bond donors (Lipinski definition) is 0. The molecule has 0 unspecified atom stereocenters. The van der Waals surface area contributed by atoms with Gasteiger partial charge in [0.25, 0.3) is 0 Å². The Balaban J connectivity index is 1.43. The van der Waals surface area contributed by atoms with Crippen molar-refractivity contribution in [2.24, 2.45) is 0 Å². The van der Waals surface area contributed by atoms with Crippen LogP contribution < -0.4 is 4.90 Å². The molecule has 53 heavy (non-hydrogen) atoms. The minimum atomic E-state index is -5.07. The van der Waals surface area contributed by atoms with Gasteiger partial charge in [-0.1, -0.05) is 72.8 Å². The molecule has 3 nitrogen and oxygen atoms in total. The normalized spacial score (nSPS) is 12.2. The number of nitrogens with zero attached hydrogens (tertiary/aromatic N) is 3. The van der Waals surface area contributed by atoms with E-state index in [9.17, 15) is 39.5 Å². The lowest BCUT2D eigenvalue weighted by atomic mass is 9.97. The van der Waals surface area contributed by atoms with Crippen molar-refractivity contribution in [2.75, 3.05) is 4.90 Å². The van der Waals surface area contributed by atoms with Gasteiger partial charge in [0.2, 0.25) is 0 Å². The second kappa shape index (κ2) is 13.4. The van der Waals surface area contributed by atoms with E-state index in [4.69, 9.17) is 9.97 Å². The molecule has 0 saturated carbocycles. The maximum Gasteiger partial charge on any atom is 0.416 e. The van der Waals surface area contributed by atoms with Gasteiger partial charge >= 0.3 is 18.5 Å². The van der Waals surface area contributed by atoms with Gasteiger partial charge in [-0.3, -0.25) is 9.88 Å². The number of alkyl halides is 9. The molecule has 0 aliphatic rings. The van der Waals surface area contributed by atoms with Crippen molar-refractivity contribution in [3.63, 3.8) is 0 Å². The first kappa shape index (κ1) is 35.2. The number of rotatable bonds is 6.